The molecule has 0 spiro atoms. The number of amides is 1. The molecule has 0 N–H and O–H groups in total. The molecule has 1 saturated heterocycles. The van der Waals surface area contributed by atoms with E-state index in [1.165, 1.54) is 0 Å². The molecule has 43 heavy (non-hydrogen) atoms. The molecule has 3 aromatic rings. The van der Waals surface area contributed by atoms with Crippen molar-refractivity contribution in [3.63, 3.8) is 0 Å². The number of benzene rings is 2. The molecule has 2 fully saturated rings. The van der Waals surface area contributed by atoms with Gasteiger partial charge in [-0.15, -0.1) is 0 Å². The standard InChI is InChI=1S/C29H24F8N2O3S/c30-23-5-7-24(8-6-23)43(41,42)26(21-1-3-22(4-2-21)27(31,28(32,33)34)29(35,36)37)15-20(16-26)25(40)39-14-11-19(17-39)18-9-12-38-13-10-18/h1-10,12-13,19-20H,11,14-17H2. The predicted octanol–water partition coefficient (Wildman–Crippen LogP) is 6.61. The molecule has 1 saturated carbocycles. The Kier molecular flexibility index (Phi) is 7.59. The van der Waals surface area contributed by atoms with Gasteiger partial charge in [-0.1, -0.05) is 24.3 Å². The number of hydrogen-bond acceptors (Lipinski definition) is 4. The zero-order valence-corrected chi connectivity index (χ0v) is 23.0. The molecule has 0 bridgehead atoms. The van der Waals surface area contributed by atoms with E-state index in [2.05, 4.69) is 4.98 Å². The molecule has 14 heteroatoms. The van der Waals surface area contributed by atoms with Gasteiger partial charge < -0.3 is 4.90 Å². The first kappa shape index (κ1) is 30.9. The van der Waals surface area contributed by atoms with E-state index in [4.69, 9.17) is 0 Å². The number of alkyl halides is 7. The molecule has 1 amide bonds. The van der Waals surface area contributed by atoms with Crippen LogP contribution in [0.1, 0.15) is 41.9 Å². The first-order valence-electron chi connectivity index (χ1n) is 13.1. The summed E-state index contributed by atoms with van der Waals surface area (Å²) in [6.07, 6.45) is -9.44. The lowest BCUT2D eigenvalue weighted by atomic mass is 9.69. The first-order chi connectivity index (χ1) is 20.0. The van der Waals surface area contributed by atoms with Crippen LogP contribution in [0.4, 0.5) is 35.1 Å². The van der Waals surface area contributed by atoms with Crippen LogP contribution >= 0.6 is 0 Å². The molecule has 2 aromatic carbocycles. The highest BCUT2D eigenvalue weighted by Gasteiger charge is 2.73. The lowest BCUT2D eigenvalue weighted by Crippen LogP contribution is -2.53. The highest BCUT2D eigenvalue weighted by atomic mass is 32.2. The third-order valence-electron chi connectivity index (χ3n) is 8.41. The third-order valence-corrected chi connectivity index (χ3v) is 10.9. The summed E-state index contributed by atoms with van der Waals surface area (Å²) in [5.74, 6) is -1.86. The van der Waals surface area contributed by atoms with Crippen molar-refractivity contribution in [2.24, 2.45) is 5.92 Å². The van der Waals surface area contributed by atoms with Crippen LogP contribution in [-0.4, -0.2) is 49.7 Å². The van der Waals surface area contributed by atoms with E-state index >= 15 is 0 Å². The number of hydrogen-bond donors (Lipinski definition) is 0. The fourth-order valence-electron chi connectivity index (χ4n) is 5.98. The third kappa shape index (κ3) is 5.06. The molecular weight excluding hydrogens is 608 g/mol. The van der Waals surface area contributed by atoms with Crippen LogP contribution < -0.4 is 0 Å². The summed E-state index contributed by atoms with van der Waals surface area (Å²) in [6.45, 7) is 0.779. The number of carbonyl (C=O) groups excluding carboxylic acids is 1. The fourth-order valence-corrected chi connectivity index (χ4v) is 8.21. The molecule has 1 aromatic heterocycles. The van der Waals surface area contributed by atoms with Crippen LogP contribution in [-0.2, 0) is 25.0 Å². The number of sulfone groups is 1. The van der Waals surface area contributed by atoms with Crippen molar-refractivity contribution >= 4 is 15.7 Å². The number of pyridine rings is 1. The topological polar surface area (TPSA) is 67.3 Å². The average molecular weight is 633 g/mol. The van der Waals surface area contributed by atoms with E-state index in [1.54, 1.807) is 17.3 Å². The maximum atomic E-state index is 14.6. The Bertz CT molecular complexity index is 1570. The molecule has 230 valence electrons. The Morgan fingerprint density at radius 1 is 0.837 bits per heavy atom. The minimum Gasteiger partial charge on any atom is -0.342 e. The van der Waals surface area contributed by atoms with E-state index in [-0.39, 0.29) is 47.3 Å². The highest BCUT2D eigenvalue weighted by molar-refractivity contribution is 7.92. The van der Waals surface area contributed by atoms with E-state index in [9.17, 15) is 48.3 Å². The minimum absolute atomic E-state index is 0.0375. The second-order valence-electron chi connectivity index (χ2n) is 10.8. The summed E-state index contributed by atoms with van der Waals surface area (Å²) in [5.41, 5.74) is -6.70. The van der Waals surface area contributed by atoms with Gasteiger partial charge in [0.2, 0.25) is 5.91 Å². The van der Waals surface area contributed by atoms with Gasteiger partial charge in [0.25, 0.3) is 0 Å². The first-order valence-corrected chi connectivity index (χ1v) is 14.6. The summed E-state index contributed by atoms with van der Waals surface area (Å²) in [4.78, 5) is 18.6. The number of carbonyl (C=O) groups is 1. The number of nitrogens with zero attached hydrogens (tertiary/aromatic N) is 2. The van der Waals surface area contributed by atoms with Gasteiger partial charge in [-0.25, -0.2) is 17.2 Å². The normalized spacial score (nSPS) is 23.2. The van der Waals surface area contributed by atoms with Crippen molar-refractivity contribution in [1.82, 2.24) is 9.88 Å². The highest BCUT2D eigenvalue weighted by Crippen LogP contribution is 2.57. The molecule has 5 rings (SSSR count). The Morgan fingerprint density at radius 3 is 1.93 bits per heavy atom. The van der Waals surface area contributed by atoms with Gasteiger partial charge in [0.05, 0.1) is 4.90 Å². The van der Waals surface area contributed by atoms with Crippen LogP contribution in [0.2, 0.25) is 0 Å². The molecule has 0 radical (unpaired) electrons. The van der Waals surface area contributed by atoms with Crippen molar-refractivity contribution in [3.05, 3.63) is 95.6 Å². The summed E-state index contributed by atoms with van der Waals surface area (Å²) in [5, 5.41) is 0. The smallest absolute Gasteiger partial charge is 0.342 e. The molecular formula is C29H24F8N2O3S. The molecule has 2 aliphatic rings. The number of aromatic nitrogens is 1. The second-order valence-corrected chi connectivity index (χ2v) is 13.1. The Labute approximate surface area is 241 Å². The van der Waals surface area contributed by atoms with Gasteiger partial charge in [-0.05, 0) is 66.8 Å². The zero-order valence-electron chi connectivity index (χ0n) is 22.2. The lowest BCUT2D eigenvalue weighted by molar-refractivity contribution is -0.348. The van der Waals surface area contributed by atoms with Crippen molar-refractivity contribution in [2.45, 2.75) is 52.8 Å². The van der Waals surface area contributed by atoms with Crippen LogP contribution in [0.3, 0.4) is 0 Å². The van der Waals surface area contributed by atoms with Crippen LogP contribution in [0.5, 0.6) is 0 Å². The van der Waals surface area contributed by atoms with Crippen LogP contribution in [0.15, 0.2) is 78.0 Å². The van der Waals surface area contributed by atoms with Crippen LogP contribution in [0, 0.1) is 11.7 Å². The van der Waals surface area contributed by atoms with Crippen LogP contribution in [0.25, 0.3) is 0 Å². The molecule has 1 aliphatic heterocycles. The van der Waals surface area contributed by atoms with E-state index in [0.29, 0.717) is 31.6 Å². The fraction of sp³-hybridized carbons (Fsp3) is 0.379. The van der Waals surface area contributed by atoms with Gasteiger partial charge in [0.15, 0.2) is 9.84 Å². The maximum absolute atomic E-state index is 14.6. The maximum Gasteiger partial charge on any atom is 0.435 e. The minimum atomic E-state index is -6.34. The molecule has 2 heterocycles. The molecule has 1 aliphatic carbocycles. The Balaban J connectivity index is 1.47. The van der Waals surface area contributed by atoms with Crippen molar-refractivity contribution in [3.8, 4) is 0 Å². The largest absolute Gasteiger partial charge is 0.435 e. The second kappa shape index (κ2) is 10.6. The quantitative estimate of drug-likeness (QED) is 0.227. The van der Waals surface area contributed by atoms with E-state index in [1.807, 2.05) is 12.1 Å². The summed E-state index contributed by atoms with van der Waals surface area (Å²) < 4.78 is 134. The average Bonchev–Trinajstić information content (AvgIpc) is 3.42. The Morgan fingerprint density at radius 2 is 1.40 bits per heavy atom. The van der Waals surface area contributed by atoms with Gasteiger partial charge in [-0.2, -0.15) is 26.3 Å². The van der Waals surface area contributed by atoms with Gasteiger partial charge >= 0.3 is 18.0 Å². The monoisotopic (exact) mass is 632 g/mol. The molecule has 5 nitrogen and oxygen atoms in total. The number of halogens is 8. The summed E-state index contributed by atoms with van der Waals surface area (Å²) in [6, 6.07) is 9.32. The van der Waals surface area contributed by atoms with Gasteiger partial charge in [0, 0.05) is 42.9 Å². The van der Waals surface area contributed by atoms with E-state index < -0.39 is 49.9 Å². The predicted molar refractivity (Wildman–Crippen MR) is 138 cm³/mol. The van der Waals surface area contributed by atoms with Gasteiger partial charge in [-0.3, -0.25) is 9.78 Å². The SMILES string of the molecule is O=C(C1CC(c2ccc(C(F)(C(F)(F)F)C(F)(F)F)cc2)(S(=O)(=O)c2ccc(F)cc2)C1)N1CCC(c2ccncc2)C1. The number of likely N-dealkylation sites (tertiary alicyclic amines) is 1. The zero-order chi connectivity index (χ0) is 31.4. The van der Waals surface area contributed by atoms with E-state index in [0.717, 1.165) is 29.8 Å². The molecule has 1 unspecified atom stereocenters. The van der Waals surface area contributed by atoms with Crippen molar-refractivity contribution in [1.29, 1.82) is 0 Å². The lowest BCUT2D eigenvalue weighted by Gasteiger charge is -2.47. The summed E-state index contributed by atoms with van der Waals surface area (Å²) in [7, 11) is -4.47. The molecule has 1 atom stereocenters. The Hall–Kier alpha value is -3.55. The van der Waals surface area contributed by atoms with Crippen molar-refractivity contribution in [2.75, 3.05) is 13.1 Å². The summed E-state index contributed by atoms with van der Waals surface area (Å²) >= 11 is 0. The number of rotatable bonds is 6. The van der Waals surface area contributed by atoms with Crippen molar-refractivity contribution < 1.29 is 48.3 Å². The van der Waals surface area contributed by atoms with Gasteiger partial charge in [0.1, 0.15) is 10.6 Å².